The van der Waals surface area contributed by atoms with Gasteiger partial charge in [0.15, 0.2) is 11.4 Å². The van der Waals surface area contributed by atoms with Crippen LogP contribution in [0.5, 0.6) is 11.5 Å². The number of benzene rings is 2. The zero-order valence-electron chi connectivity index (χ0n) is 24.1. The van der Waals surface area contributed by atoms with Gasteiger partial charge in [0.05, 0.1) is 35.6 Å². The second-order valence-corrected chi connectivity index (χ2v) is 11.1. The van der Waals surface area contributed by atoms with Gasteiger partial charge in [-0.1, -0.05) is 48.9 Å². The number of fused-ring (bicyclic) bond motifs is 1. The number of ether oxygens (including phenoxy) is 3. The Bertz CT molecular complexity index is 1670. The highest BCUT2D eigenvalue weighted by molar-refractivity contribution is 7.07. The van der Waals surface area contributed by atoms with E-state index in [-0.39, 0.29) is 24.7 Å². The lowest BCUT2D eigenvalue weighted by atomic mass is 9.94. The van der Waals surface area contributed by atoms with E-state index in [2.05, 4.69) is 0 Å². The van der Waals surface area contributed by atoms with E-state index in [0.29, 0.717) is 38.5 Å². The summed E-state index contributed by atoms with van der Waals surface area (Å²) in [5.41, 5.74) is 2.28. The lowest BCUT2D eigenvalue weighted by molar-refractivity contribution is -0.139. The number of allylic oxidation sites excluding steroid dienone is 1. The number of aromatic nitrogens is 1. The number of amides is 1. The molecule has 1 atom stereocenters. The van der Waals surface area contributed by atoms with Gasteiger partial charge in [0.2, 0.25) is 0 Å². The topological polar surface area (TPSA) is 99.4 Å². The molecule has 0 saturated carbocycles. The van der Waals surface area contributed by atoms with Gasteiger partial charge in [-0.15, -0.1) is 0 Å². The van der Waals surface area contributed by atoms with Crippen molar-refractivity contribution in [2.45, 2.75) is 45.6 Å². The maximum atomic E-state index is 13.9. The van der Waals surface area contributed by atoms with E-state index < -0.39 is 12.0 Å². The van der Waals surface area contributed by atoms with E-state index in [1.807, 2.05) is 48.2 Å². The van der Waals surface area contributed by atoms with Crippen LogP contribution in [0.15, 0.2) is 69.6 Å². The first-order chi connectivity index (χ1) is 20.4. The van der Waals surface area contributed by atoms with E-state index in [9.17, 15) is 14.4 Å². The minimum absolute atomic E-state index is 0.00507. The number of nitrogens with zero attached hydrogens (tertiary/aromatic N) is 3. The van der Waals surface area contributed by atoms with E-state index in [1.54, 1.807) is 36.8 Å². The van der Waals surface area contributed by atoms with Crippen LogP contribution < -0.4 is 24.4 Å². The fraction of sp³-hybridized carbons (Fsp3) is 0.375. The average molecular weight is 590 g/mol. The van der Waals surface area contributed by atoms with Crippen molar-refractivity contribution in [3.8, 4) is 11.5 Å². The molecule has 1 aromatic heterocycles. The molecule has 0 aliphatic carbocycles. The number of carbonyl (C=O) groups is 2. The molecule has 3 aromatic rings. The van der Waals surface area contributed by atoms with Crippen molar-refractivity contribution < 1.29 is 23.8 Å². The minimum Gasteiger partial charge on any atom is -0.497 e. The molecule has 0 radical (unpaired) electrons. The quantitative estimate of drug-likeness (QED) is 0.335. The first kappa shape index (κ1) is 29.3. The van der Waals surface area contributed by atoms with Crippen LogP contribution >= 0.6 is 11.3 Å². The predicted octanol–water partition coefficient (Wildman–Crippen LogP) is 3.59. The number of esters is 1. The fourth-order valence-electron chi connectivity index (χ4n) is 5.26. The molecule has 42 heavy (non-hydrogen) atoms. The van der Waals surface area contributed by atoms with E-state index in [1.165, 1.54) is 11.3 Å². The number of likely N-dealkylation sites (tertiary alicyclic amines) is 1. The van der Waals surface area contributed by atoms with E-state index >= 15 is 0 Å². The Kier molecular flexibility index (Phi) is 9.22. The van der Waals surface area contributed by atoms with Gasteiger partial charge >= 0.3 is 5.97 Å². The van der Waals surface area contributed by atoms with Gasteiger partial charge in [0.1, 0.15) is 11.5 Å². The summed E-state index contributed by atoms with van der Waals surface area (Å²) in [6.45, 7) is 5.58. The first-order valence-electron chi connectivity index (χ1n) is 14.3. The van der Waals surface area contributed by atoms with Crippen molar-refractivity contribution >= 4 is 29.3 Å². The smallest absolute Gasteiger partial charge is 0.338 e. The van der Waals surface area contributed by atoms with E-state index in [0.717, 1.165) is 43.5 Å². The molecule has 0 N–H and O–H groups in total. The van der Waals surface area contributed by atoms with Crippen LogP contribution in [0.2, 0.25) is 0 Å². The molecular formula is C32H35N3O6S. The number of thiazole rings is 1. The lowest BCUT2D eigenvalue weighted by Crippen LogP contribution is -2.40. The third-order valence-electron chi connectivity index (χ3n) is 7.30. The number of carbonyl (C=O) groups excluding carboxylic acids is 2. The molecular weight excluding hydrogens is 554 g/mol. The Balaban J connectivity index is 1.51. The second-order valence-electron chi connectivity index (χ2n) is 10.1. The monoisotopic (exact) mass is 589 g/mol. The standard InChI is InChI=1S/C32H35N3O6S/c1-4-9-25-28(31(38)40-5-2)29(22-10-8-11-24(19-22)39-3)35-30(37)26(42-32(35)33-25)18-21-12-14-23(15-13-21)41-20-27(36)34-16-6-7-17-34/h8,10-15,18-19,29H,4-7,9,16-17,20H2,1-3H3/b26-18+/t29-/m0/s1. The molecule has 1 amide bonds. The summed E-state index contributed by atoms with van der Waals surface area (Å²) < 4.78 is 18.7. The normalized spacial score (nSPS) is 16.7. The van der Waals surface area contributed by atoms with Crippen LogP contribution in [0.4, 0.5) is 0 Å². The maximum absolute atomic E-state index is 13.9. The molecule has 2 aliphatic rings. The summed E-state index contributed by atoms with van der Waals surface area (Å²) >= 11 is 1.28. The third-order valence-corrected chi connectivity index (χ3v) is 8.28. The molecule has 5 rings (SSSR count). The highest BCUT2D eigenvalue weighted by Crippen LogP contribution is 2.33. The lowest BCUT2D eigenvalue weighted by Gasteiger charge is -2.26. The molecule has 9 nitrogen and oxygen atoms in total. The van der Waals surface area contributed by atoms with Gasteiger partial charge in [-0.05, 0) is 67.7 Å². The van der Waals surface area contributed by atoms with Crippen LogP contribution in [0.3, 0.4) is 0 Å². The third kappa shape index (κ3) is 6.18. The molecule has 1 fully saturated rings. The largest absolute Gasteiger partial charge is 0.497 e. The second kappa shape index (κ2) is 13.2. The van der Waals surface area contributed by atoms with Crippen LogP contribution in [0, 0.1) is 0 Å². The van der Waals surface area contributed by atoms with Crippen molar-refractivity contribution in [1.29, 1.82) is 0 Å². The molecule has 0 unspecified atom stereocenters. The molecule has 1 saturated heterocycles. The van der Waals surface area contributed by atoms with Gasteiger partial charge in [0.25, 0.3) is 11.5 Å². The number of hydrogen-bond acceptors (Lipinski definition) is 8. The number of hydrogen-bond donors (Lipinski definition) is 0. The highest BCUT2D eigenvalue weighted by Gasteiger charge is 2.34. The zero-order valence-corrected chi connectivity index (χ0v) is 24.9. The molecule has 220 valence electrons. The van der Waals surface area contributed by atoms with Gasteiger partial charge in [-0.3, -0.25) is 14.2 Å². The van der Waals surface area contributed by atoms with Crippen LogP contribution in [0.25, 0.3) is 6.08 Å². The molecule has 2 aliphatic heterocycles. The SMILES string of the molecule is CCCC1=C(C(=O)OCC)[C@H](c2cccc(OC)c2)n2c(s/c(=C/c3ccc(OCC(=O)N4CCCC4)cc3)c2=O)=N1. The summed E-state index contributed by atoms with van der Waals surface area (Å²) in [4.78, 5) is 46.7. The minimum atomic E-state index is -0.706. The predicted molar refractivity (Wildman–Crippen MR) is 160 cm³/mol. The zero-order chi connectivity index (χ0) is 29.6. The van der Waals surface area contributed by atoms with Crippen molar-refractivity contribution in [3.05, 3.63) is 90.6 Å². The van der Waals surface area contributed by atoms with Crippen LogP contribution in [-0.4, -0.2) is 54.8 Å². The summed E-state index contributed by atoms with van der Waals surface area (Å²) in [7, 11) is 1.58. The highest BCUT2D eigenvalue weighted by atomic mass is 32.1. The average Bonchev–Trinajstić information content (AvgIpc) is 3.65. The maximum Gasteiger partial charge on any atom is 0.338 e. The van der Waals surface area contributed by atoms with Gasteiger partial charge in [-0.2, -0.15) is 0 Å². The van der Waals surface area contributed by atoms with Crippen LogP contribution in [-0.2, 0) is 14.3 Å². The van der Waals surface area contributed by atoms with Gasteiger partial charge in [0, 0.05) is 13.1 Å². The fourth-order valence-corrected chi connectivity index (χ4v) is 6.28. The first-order valence-corrected chi connectivity index (χ1v) is 15.1. The van der Waals surface area contributed by atoms with Crippen molar-refractivity contribution in [2.24, 2.45) is 4.99 Å². The Hall–Kier alpha value is -4.18. The van der Waals surface area contributed by atoms with Crippen molar-refractivity contribution in [3.63, 3.8) is 0 Å². The van der Waals surface area contributed by atoms with Crippen molar-refractivity contribution in [2.75, 3.05) is 33.4 Å². The molecule has 10 heteroatoms. The summed E-state index contributed by atoms with van der Waals surface area (Å²) in [5, 5.41) is 0. The summed E-state index contributed by atoms with van der Waals surface area (Å²) in [5.74, 6) is 0.720. The summed E-state index contributed by atoms with van der Waals surface area (Å²) in [6, 6.07) is 13.9. The van der Waals surface area contributed by atoms with E-state index in [4.69, 9.17) is 19.2 Å². The summed E-state index contributed by atoms with van der Waals surface area (Å²) in [6.07, 6.45) is 5.23. The molecule has 3 heterocycles. The van der Waals surface area contributed by atoms with Gasteiger partial charge in [-0.25, -0.2) is 9.79 Å². The van der Waals surface area contributed by atoms with Crippen LogP contribution in [0.1, 0.15) is 56.7 Å². The molecule has 0 bridgehead atoms. The molecule has 2 aromatic carbocycles. The Morgan fingerprint density at radius 3 is 2.52 bits per heavy atom. The molecule has 0 spiro atoms. The van der Waals surface area contributed by atoms with Gasteiger partial charge < -0.3 is 19.1 Å². The Morgan fingerprint density at radius 2 is 1.83 bits per heavy atom. The number of rotatable bonds is 10. The Labute approximate surface area is 248 Å². The van der Waals surface area contributed by atoms with Crippen molar-refractivity contribution in [1.82, 2.24) is 9.47 Å². The number of methoxy groups -OCH3 is 1. The Morgan fingerprint density at radius 1 is 1.07 bits per heavy atom.